The van der Waals surface area contributed by atoms with Crippen molar-refractivity contribution < 1.29 is 0 Å². The number of benzene rings is 11. The van der Waals surface area contributed by atoms with Crippen molar-refractivity contribution in [1.29, 1.82) is 0 Å². The van der Waals surface area contributed by atoms with Gasteiger partial charge in [0.2, 0.25) is 0 Å². The van der Waals surface area contributed by atoms with Crippen molar-refractivity contribution in [2.45, 2.75) is 92.2 Å². The van der Waals surface area contributed by atoms with Crippen molar-refractivity contribution >= 4 is 90.3 Å². The molecule has 12 aromatic rings. The highest BCUT2D eigenvalue weighted by Crippen LogP contribution is 2.60. The fraction of sp³-hybridized carbons (Fsp3) is 0.212. The van der Waals surface area contributed by atoms with Crippen molar-refractivity contribution in [3.63, 3.8) is 0 Å². The molecule has 10 aliphatic rings. The summed E-state index contributed by atoms with van der Waals surface area (Å²) in [6, 6.07) is 99.1. The summed E-state index contributed by atoms with van der Waals surface area (Å²) in [5.41, 5.74) is 35.5. The Labute approximate surface area is 613 Å². The van der Waals surface area contributed by atoms with Crippen molar-refractivity contribution in [1.82, 2.24) is 4.57 Å². The first kappa shape index (κ1) is 61.8. The minimum atomic E-state index is -0.181. The largest absolute Gasteiger partial charge is 0.365 e. The Morgan fingerprint density at radius 2 is 0.875 bits per heavy atom. The SMILES string of the molecule is CC(C)(C)C1=CC2=CC(c3ccc4c(c3)N(c3c(-c5ccccc5)cccc3-c3ccccc3)c3cc(N5C6CC7CC(C6)CC5C7)cc5c3B4c3ccc(-n4c6ccccc6c6ccccc64)cc3N5c3c(-c4ccccc4)cccc3-c3ccccc3)=C3C=C(C(C)(C)C)CC4C=CC(=C1)C2C34. The first-order chi connectivity index (χ1) is 50.8. The van der Waals surface area contributed by atoms with Crippen LogP contribution in [-0.2, 0) is 0 Å². The standard InChI is InChI=1S/C99H85BN4/c1-98(2,3)71-52-68-41-42-69-53-72(99(4,5)6)57-84-83(55-70(54-71)93(68)94(69)84)67-43-45-85-89(56-67)103(96-77(63-25-11-7-12-26-63)35-23-36-78(96)64-27-13-8-14-28-64)91-59-76(101-74-48-61-47-62(50-74)51-75(101)49-61)60-92-95(91)100(85)86-46-44-73(102-87-39-21-19-33-81(87)82-34-20-22-40-88(82)102)58-90(86)104(92)97-79(65-29-15-9-16-30-65)37-24-38-80(97)66-31-17-10-18-32-66/h7-46,52,54-62,69,74-75,93-94H,47-51,53H2,1-6H3. The smallest absolute Gasteiger partial charge is 0.252 e. The molecule has 2 saturated carbocycles. The van der Waals surface area contributed by atoms with Gasteiger partial charge in [-0.3, -0.25) is 0 Å². The second-order valence-corrected chi connectivity index (χ2v) is 33.5. The highest BCUT2D eigenvalue weighted by atomic mass is 15.2. The predicted molar refractivity (Wildman–Crippen MR) is 439 cm³/mol. The zero-order valence-electron chi connectivity index (χ0n) is 60.4. The zero-order chi connectivity index (χ0) is 69.4. The lowest BCUT2D eigenvalue weighted by Gasteiger charge is -2.58. The molecule has 4 fully saturated rings. The van der Waals surface area contributed by atoms with Gasteiger partial charge in [0.05, 0.1) is 22.4 Å². The van der Waals surface area contributed by atoms with Gasteiger partial charge in [0.1, 0.15) is 0 Å². The minimum Gasteiger partial charge on any atom is -0.365 e. The van der Waals surface area contributed by atoms with E-state index in [0.29, 0.717) is 29.8 Å². The Hall–Kier alpha value is -10.9. The van der Waals surface area contributed by atoms with E-state index in [4.69, 9.17) is 0 Å². The molecule has 3 unspecified atom stereocenters. The Morgan fingerprint density at radius 1 is 0.394 bits per heavy atom. The maximum atomic E-state index is 2.98. The van der Waals surface area contributed by atoms with Crippen LogP contribution in [0.2, 0.25) is 0 Å². The van der Waals surface area contributed by atoms with E-state index in [1.54, 1.807) is 0 Å². The van der Waals surface area contributed by atoms with Gasteiger partial charge in [0.25, 0.3) is 6.71 Å². The molecular weight excluding hydrogens is 1260 g/mol. The summed E-state index contributed by atoms with van der Waals surface area (Å²) in [6.07, 6.45) is 23.0. The molecule has 0 spiro atoms. The second kappa shape index (κ2) is 23.3. The van der Waals surface area contributed by atoms with Gasteiger partial charge in [-0.25, -0.2) is 0 Å². The van der Waals surface area contributed by atoms with Gasteiger partial charge in [-0.15, -0.1) is 0 Å². The fourth-order valence-corrected chi connectivity index (χ4v) is 21.0. The van der Waals surface area contributed by atoms with E-state index in [1.807, 2.05) is 0 Å². The van der Waals surface area contributed by atoms with Crippen LogP contribution >= 0.6 is 0 Å². The number of para-hydroxylation sites is 4. The fourth-order valence-electron chi connectivity index (χ4n) is 21.0. The quantitative estimate of drug-likeness (QED) is 0.134. The van der Waals surface area contributed by atoms with Gasteiger partial charge in [0, 0.05) is 91.1 Å². The van der Waals surface area contributed by atoms with E-state index >= 15 is 0 Å². The van der Waals surface area contributed by atoms with Crippen molar-refractivity contribution in [3.05, 3.63) is 325 Å². The Bertz CT molecular complexity index is 5570. The number of piperidine rings is 2. The van der Waals surface area contributed by atoms with Gasteiger partial charge in [-0.05, 0) is 182 Å². The first-order valence-electron chi connectivity index (χ1n) is 38.4. The third-order valence-corrected chi connectivity index (χ3v) is 25.5. The molecule has 6 aliphatic carbocycles. The van der Waals surface area contributed by atoms with Gasteiger partial charge in [0.15, 0.2) is 0 Å². The van der Waals surface area contributed by atoms with Crippen LogP contribution in [0.5, 0.6) is 0 Å². The summed E-state index contributed by atoms with van der Waals surface area (Å²) in [6.45, 7) is 14.3. The molecule has 504 valence electrons. The van der Waals surface area contributed by atoms with Gasteiger partial charge in [-0.1, -0.05) is 296 Å². The molecule has 5 heterocycles. The number of nitrogens with zero attached hydrogens (tertiary/aromatic N) is 4. The summed E-state index contributed by atoms with van der Waals surface area (Å²) >= 11 is 0. The van der Waals surface area contributed by atoms with Gasteiger partial charge < -0.3 is 19.3 Å². The normalized spacial score (nSPS) is 21.7. The topological polar surface area (TPSA) is 14.7 Å². The van der Waals surface area contributed by atoms with Crippen LogP contribution in [0.3, 0.4) is 0 Å². The Kier molecular flexibility index (Phi) is 13.8. The van der Waals surface area contributed by atoms with Crippen LogP contribution in [-0.4, -0.2) is 23.4 Å². The highest BCUT2D eigenvalue weighted by Gasteiger charge is 2.51. The van der Waals surface area contributed by atoms with E-state index < -0.39 is 0 Å². The number of aromatic nitrogens is 1. The highest BCUT2D eigenvalue weighted by molar-refractivity contribution is 7.00. The molecule has 2 saturated heterocycles. The molecule has 0 amide bonds. The molecule has 4 nitrogen and oxygen atoms in total. The molecule has 104 heavy (non-hydrogen) atoms. The maximum Gasteiger partial charge on any atom is 0.252 e. The summed E-state index contributed by atoms with van der Waals surface area (Å²) < 4.78 is 2.54. The third kappa shape index (κ3) is 9.57. The van der Waals surface area contributed by atoms with E-state index in [2.05, 4.69) is 352 Å². The zero-order valence-corrected chi connectivity index (χ0v) is 60.4. The number of hydrogen-bond donors (Lipinski definition) is 0. The average Bonchev–Trinajstić information content (AvgIpc) is 0.769. The van der Waals surface area contributed by atoms with Crippen LogP contribution in [0.1, 0.15) is 85.6 Å². The Morgan fingerprint density at radius 3 is 1.38 bits per heavy atom. The second-order valence-electron chi connectivity index (χ2n) is 33.5. The van der Waals surface area contributed by atoms with Crippen LogP contribution in [0.15, 0.2) is 319 Å². The molecule has 0 N–H and O–H groups in total. The Balaban J connectivity index is 0.917. The van der Waals surface area contributed by atoms with E-state index in [1.165, 1.54) is 194 Å². The minimum absolute atomic E-state index is 0.00406. The number of fused-ring (bicyclic) bond motifs is 7. The summed E-state index contributed by atoms with van der Waals surface area (Å²) in [4.78, 5) is 8.59. The van der Waals surface area contributed by atoms with E-state index in [9.17, 15) is 0 Å². The van der Waals surface area contributed by atoms with Crippen LogP contribution in [0.25, 0.3) is 77.6 Å². The molecule has 22 rings (SSSR count). The summed E-state index contributed by atoms with van der Waals surface area (Å²) in [5.74, 6) is 2.58. The van der Waals surface area contributed by atoms with E-state index in [0.717, 1.165) is 23.9 Å². The van der Waals surface area contributed by atoms with Crippen LogP contribution < -0.4 is 31.1 Å². The lowest BCUT2D eigenvalue weighted by atomic mass is 9.33. The van der Waals surface area contributed by atoms with E-state index in [-0.39, 0.29) is 17.5 Å². The predicted octanol–water partition coefficient (Wildman–Crippen LogP) is 23.7. The molecular formula is C99H85BN4. The molecule has 5 heteroatoms. The molecule has 1 aromatic heterocycles. The van der Waals surface area contributed by atoms with Crippen LogP contribution in [0, 0.1) is 40.4 Å². The van der Waals surface area contributed by atoms with Crippen LogP contribution in [0.4, 0.5) is 39.8 Å². The molecule has 4 bridgehead atoms. The molecule has 11 aromatic carbocycles. The van der Waals surface area contributed by atoms with Crippen molar-refractivity contribution in [2.75, 3.05) is 14.7 Å². The molecule has 4 aliphatic heterocycles. The summed E-state index contributed by atoms with van der Waals surface area (Å²) in [7, 11) is 0. The lowest BCUT2D eigenvalue weighted by molar-refractivity contribution is 0.0900. The first-order valence-corrected chi connectivity index (χ1v) is 38.4. The monoisotopic (exact) mass is 1340 g/mol. The molecule has 3 atom stereocenters. The number of rotatable bonds is 9. The van der Waals surface area contributed by atoms with Gasteiger partial charge in [-0.2, -0.15) is 0 Å². The third-order valence-electron chi connectivity index (χ3n) is 25.5. The maximum absolute atomic E-state index is 2.98. The molecule has 0 radical (unpaired) electrons. The van der Waals surface area contributed by atoms with Gasteiger partial charge >= 0.3 is 0 Å². The number of allylic oxidation sites excluding steroid dienone is 12. The summed E-state index contributed by atoms with van der Waals surface area (Å²) in [5, 5.41) is 2.51. The van der Waals surface area contributed by atoms with Crippen molar-refractivity contribution in [2.24, 2.45) is 40.4 Å². The number of hydrogen-bond acceptors (Lipinski definition) is 3. The average molecular weight is 1340 g/mol. The lowest BCUT2D eigenvalue weighted by Crippen LogP contribution is -2.62. The van der Waals surface area contributed by atoms with Crippen molar-refractivity contribution in [3.8, 4) is 50.2 Å². The number of anilines is 7.